The number of amides is 2. The number of hydrogen-bond acceptors (Lipinski definition) is 4. The number of rotatable bonds is 0. The van der Waals surface area contributed by atoms with Crippen LogP contribution in [0, 0.1) is 0 Å². The second kappa shape index (κ2) is 5.54. The normalized spacial score (nSPS) is 21.1. The summed E-state index contributed by atoms with van der Waals surface area (Å²) in [5, 5.41) is 7.49. The lowest BCUT2D eigenvalue weighted by atomic mass is 10.00. The van der Waals surface area contributed by atoms with Crippen molar-refractivity contribution in [3.8, 4) is 0 Å². The Morgan fingerprint density at radius 3 is 2.83 bits per heavy atom. The highest BCUT2D eigenvalue weighted by atomic mass is 16.6. The van der Waals surface area contributed by atoms with Crippen molar-refractivity contribution in [3.63, 3.8) is 0 Å². The fourth-order valence-electron chi connectivity index (χ4n) is 3.09. The zero-order valence-corrected chi connectivity index (χ0v) is 14.2. The number of aromatic nitrogens is 2. The van der Waals surface area contributed by atoms with E-state index < -0.39 is 5.60 Å². The molecule has 0 saturated carbocycles. The van der Waals surface area contributed by atoms with Crippen LogP contribution in [0.2, 0.25) is 0 Å². The molecule has 0 aliphatic carbocycles. The highest BCUT2D eigenvalue weighted by Gasteiger charge is 2.36. The van der Waals surface area contributed by atoms with Crippen LogP contribution in [-0.2, 0) is 24.2 Å². The van der Waals surface area contributed by atoms with Crippen molar-refractivity contribution in [2.75, 3.05) is 6.54 Å². The molecule has 1 N–H and O–H groups in total. The highest BCUT2D eigenvalue weighted by molar-refractivity contribution is 5.94. The Bertz CT molecular complexity index is 644. The third kappa shape index (κ3) is 3.04. The predicted molar refractivity (Wildman–Crippen MR) is 84.1 cm³/mol. The zero-order chi connectivity index (χ0) is 16.8. The molecule has 1 atom stereocenters. The molecule has 7 heteroatoms. The summed E-state index contributed by atoms with van der Waals surface area (Å²) in [7, 11) is 0. The number of hydrogen-bond donors (Lipinski definition) is 1. The SMILES string of the molecule is C[C@@H]1Cc2nn3c(c2CN1C(=O)OC(C)(C)C)C(=O)NCCC3. The number of carbonyl (C=O) groups is 2. The maximum Gasteiger partial charge on any atom is 0.410 e. The molecule has 2 amide bonds. The summed E-state index contributed by atoms with van der Waals surface area (Å²) in [5.74, 6) is -0.102. The number of carbonyl (C=O) groups excluding carboxylic acids is 2. The lowest BCUT2D eigenvalue weighted by molar-refractivity contribution is 0.0136. The zero-order valence-electron chi connectivity index (χ0n) is 14.2. The van der Waals surface area contributed by atoms with Gasteiger partial charge in [-0.05, 0) is 34.1 Å². The molecule has 7 nitrogen and oxygen atoms in total. The largest absolute Gasteiger partial charge is 0.444 e. The van der Waals surface area contributed by atoms with E-state index in [-0.39, 0.29) is 18.0 Å². The Hall–Kier alpha value is -2.05. The van der Waals surface area contributed by atoms with Crippen molar-refractivity contribution in [1.82, 2.24) is 20.0 Å². The van der Waals surface area contributed by atoms with Gasteiger partial charge in [0, 0.05) is 31.1 Å². The van der Waals surface area contributed by atoms with Crippen LogP contribution in [0.25, 0.3) is 0 Å². The minimum absolute atomic E-state index is 0.000415. The molecule has 2 aliphatic heterocycles. The van der Waals surface area contributed by atoms with Crippen molar-refractivity contribution < 1.29 is 14.3 Å². The smallest absolute Gasteiger partial charge is 0.410 e. The molecular formula is C16H24N4O3. The lowest BCUT2D eigenvalue weighted by Crippen LogP contribution is -2.45. The first-order valence-corrected chi connectivity index (χ1v) is 8.12. The fraction of sp³-hybridized carbons (Fsp3) is 0.688. The van der Waals surface area contributed by atoms with Gasteiger partial charge in [-0.3, -0.25) is 9.48 Å². The standard InChI is InChI=1S/C16H24N4O3/c1-10-8-12-11(9-19(10)15(22)23-16(2,3)4)13-14(21)17-6-5-7-20(13)18-12/h10H,5-9H2,1-4H3,(H,17,21)/t10-/m1/s1. The Kier molecular flexibility index (Phi) is 3.82. The highest BCUT2D eigenvalue weighted by Crippen LogP contribution is 2.28. The van der Waals surface area contributed by atoms with Gasteiger partial charge in [-0.2, -0.15) is 5.10 Å². The second-order valence-electron chi connectivity index (χ2n) is 7.27. The van der Waals surface area contributed by atoms with Crippen LogP contribution >= 0.6 is 0 Å². The number of aryl methyl sites for hydroxylation is 1. The number of nitrogens with one attached hydrogen (secondary N) is 1. The quantitative estimate of drug-likeness (QED) is 0.789. The summed E-state index contributed by atoms with van der Waals surface area (Å²) < 4.78 is 7.28. The Morgan fingerprint density at radius 1 is 1.39 bits per heavy atom. The van der Waals surface area contributed by atoms with Gasteiger partial charge in [0.05, 0.1) is 12.2 Å². The van der Waals surface area contributed by atoms with E-state index in [2.05, 4.69) is 10.4 Å². The first-order chi connectivity index (χ1) is 10.8. The van der Waals surface area contributed by atoms with E-state index in [1.165, 1.54) is 0 Å². The molecule has 0 bridgehead atoms. The summed E-state index contributed by atoms with van der Waals surface area (Å²) in [6.07, 6.45) is 1.16. The van der Waals surface area contributed by atoms with Gasteiger partial charge in [0.1, 0.15) is 11.3 Å². The average molecular weight is 320 g/mol. The predicted octanol–water partition coefficient (Wildman–Crippen LogP) is 1.70. The van der Waals surface area contributed by atoms with Crippen molar-refractivity contribution in [3.05, 3.63) is 17.0 Å². The molecule has 1 aromatic heterocycles. The third-order valence-corrected chi connectivity index (χ3v) is 4.16. The van der Waals surface area contributed by atoms with E-state index in [0.717, 1.165) is 24.2 Å². The minimum Gasteiger partial charge on any atom is -0.444 e. The Morgan fingerprint density at radius 2 is 2.13 bits per heavy atom. The van der Waals surface area contributed by atoms with Gasteiger partial charge in [-0.25, -0.2) is 4.79 Å². The van der Waals surface area contributed by atoms with Crippen LogP contribution < -0.4 is 5.32 Å². The summed E-state index contributed by atoms with van der Waals surface area (Å²) in [5.41, 5.74) is 1.83. The van der Waals surface area contributed by atoms with Gasteiger partial charge in [0.25, 0.3) is 5.91 Å². The molecule has 0 unspecified atom stereocenters. The molecular weight excluding hydrogens is 296 g/mol. The van der Waals surface area contributed by atoms with Crippen molar-refractivity contribution in [2.24, 2.45) is 0 Å². The van der Waals surface area contributed by atoms with E-state index in [1.807, 2.05) is 27.7 Å². The van der Waals surface area contributed by atoms with Crippen LogP contribution in [0.5, 0.6) is 0 Å². The van der Waals surface area contributed by atoms with Gasteiger partial charge in [-0.15, -0.1) is 0 Å². The van der Waals surface area contributed by atoms with E-state index in [1.54, 1.807) is 9.58 Å². The van der Waals surface area contributed by atoms with E-state index >= 15 is 0 Å². The van der Waals surface area contributed by atoms with Gasteiger partial charge in [-0.1, -0.05) is 0 Å². The molecule has 0 spiro atoms. The summed E-state index contributed by atoms with van der Waals surface area (Å²) in [6.45, 7) is 9.29. The summed E-state index contributed by atoms with van der Waals surface area (Å²) in [6, 6.07) is -0.000415. The van der Waals surface area contributed by atoms with Crippen molar-refractivity contribution in [2.45, 2.75) is 65.3 Å². The molecule has 3 heterocycles. The number of nitrogens with zero attached hydrogens (tertiary/aromatic N) is 3. The molecule has 0 aromatic carbocycles. The van der Waals surface area contributed by atoms with Gasteiger partial charge in [0.15, 0.2) is 0 Å². The summed E-state index contributed by atoms with van der Waals surface area (Å²) in [4.78, 5) is 26.5. The van der Waals surface area contributed by atoms with Crippen molar-refractivity contribution >= 4 is 12.0 Å². The number of fused-ring (bicyclic) bond motifs is 3. The first-order valence-electron chi connectivity index (χ1n) is 8.12. The molecule has 2 aliphatic rings. The molecule has 0 saturated heterocycles. The van der Waals surface area contributed by atoms with Crippen LogP contribution in [0.3, 0.4) is 0 Å². The number of ether oxygens (including phenoxy) is 1. The van der Waals surface area contributed by atoms with Crippen molar-refractivity contribution in [1.29, 1.82) is 0 Å². The lowest BCUT2D eigenvalue weighted by Gasteiger charge is -2.34. The monoisotopic (exact) mass is 320 g/mol. The third-order valence-electron chi connectivity index (χ3n) is 4.16. The van der Waals surface area contributed by atoms with Gasteiger partial charge < -0.3 is 15.0 Å². The Labute approximate surface area is 136 Å². The second-order valence-corrected chi connectivity index (χ2v) is 7.27. The fourth-order valence-corrected chi connectivity index (χ4v) is 3.09. The van der Waals surface area contributed by atoms with Crippen LogP contribution in [0.1, 0.15) is 55.9 Å². The minimum atomic E-state index is -0.537. The molecule has 3 rings (SSSR count). The maximum absolute atomic E-state index is 12.4. The van der Waals surface area contributed by atoms with Crippen LogP contribution in [-0.4, -0.2) is 44.9 Å². The molecule has 0 fully saturated rings. The molecule has 1 aromatic rings. The van der Waals surface area contributed by atoms with Crippen LogP contribution in [0.4, 0.5) is 4.79 Å². The molecule has 0 radical (unpaired) electrons. The van der Waals surface area contributed by atoms with E-state index in [4.69, 9.17) is 4.74 Å². The average Bonchev–Trinajstić information content (AvgIpc) is 2.67. The van der Waals surface area contributed by atoms with Gasteiger partial charge >= 0.3 is 6.09 Å². The first kappa shape index (κ1) is 15.8. The van der Waals surface area contributed by atoms with E-state index in [9.17, 15) is 9.59 Å². The molecule has 126 valence electrons. The van der Waals surface area contributed by atoms with E-state index in [0.29, 0.717) is 25.2 Å². The topological polar surface area (TPSA) is 76.5 Å². The molecule has 23 heavy (non-hydrogen) atoms. The maximum atomic E-state index is 12.4. The Balaban J connectivity index is 1.91. The van der Waals surface area contributed by atoms with Crippen LogP contribution in [0.15, 0.2) is 0 Å². The van der Waals surface area contributed by atoms with Gasteiger partial charge in [0.2, 0.25) is 0 Å². The summed E-state index contributed by atoms with van der Waals surface area (Å²) >= 11 is 0.